The lowest BCUT2D eigenvalue weighted by Crippen LogP contribution is -2.10. The predicted octanol–water partition coefficient (Wildman–Crippen LogP) is 2.45. The zero-order valence-electron chi connectivity index (χ0n) is 12.6. The molecular weight excluding hydrogens is 331 g/mol. The lowest BCUT2D eigenvalue weighted by Gasteiger charge is -2.11. The van der Waals surface area contributed by atoms with Gasteiger partial charge in [-0.2, -0.15) is 0 Å². The number of aromatic nitrogens is 5. The lowest BCUT2D eigenvalue weighted by molar-refractivity contribution is 0.583. The number of hydrogen-bond acceptors (Lipinski definition) is 5. The summed E-state index contributed by atoms with van der Waals surface area (Å²) in [5.74, 6) is 1.80. The molecule has 1 N–H and O–H groups in total. The monoisotopic (exact) mass is 352 g/mol. The minimum atomic E-state index is 0. The molecule has 0 aliphatic heterocycles. The smallest absolute Gasteiger partial charge is 0.191 e. The van der Waals surface area contributed by atoms with Crippen LogP contribution in [0.3, 0.4) is 0 Å². The first-order valence-corrected chi connectivity index (χ1v) is 7.28. The van der Waals surface area contributed by atoms with Crippen LogP contribution in [0.4, 0.5) is 0 Å². The van der Waals surface area contributed by atoms with Crippen molar-refractivity contribution in [3.8, 4) is 0 Å². The standard InChI is InChI=1S/C12H20N6S.2ClH/c1-9(2)18-8-14-5-10(18)7-19-12-16-15-11(6-13-3)17(12)4;;/h5,8-9,13H,6-7H2,1-4H3;2*1H. The Hall–Kier alpha value is -0.760. The SMILES string of the molecule is CNCc1nnc(SCc2cncn2C(C)C)n1C.Cl.Cl. The lowest BCUT2D eigenvalue weighted by atomic mass is 10.4. The fourth-order valence-corrected chi connectivity index (χ4v) is 2.73. The summed E-state index contributed by atoms with van der Waals surface area (Å²) < 4.78 is 4.20. The summed E-state index contributed by atoms with van der Waals surface area (Å²) in [5.41, 5.74) is 1.21. The molecule has 0 bridgehead atoms. The molecule has 0 saturated heterocycles. The third-order valence-corrected chi connectivity index (χ3v) is 3.97. The Morgan fingerprint density at radius 1 is 1.29 bits per heavy atom. The molecule has 9 heteroatoms. The number of imidazole rings is 1. The highest BCUT2D eigenvalue weighted by molar-refractivity contribution is 7.98. The highest BCUT2D eigenvalue weighted by atomic mass is 35.5. The van der Waals surface area contributed by atoms with Crippen molar-refractivity contribution in [2.45, 2.75) is 37.3 Å². The summed E-state index contributed by atoms with van der Waals surface area (Å²) in [4.78, 5) is 4.21. The summed E-state index contributed by atoms with van der Waals surface area (Å²) in [6, 6.07) is 0.428. The van der Waals surface area contributed by atoms with Crippen LogP contribution in [-0.4, -0.2) is 31.4 Å². The fraction of sp³-hybridized carbons (Fsp3) is 0.583. The maximum atomic E-state index is 4.21. The Kier molecular flexibility index (Phi) is 8.96. The van der Waals surface area contributed by atoms with Crippen LogP contribution in [0.15, 0.2) is 17.7 Å². The van der Waals surface area contributed by atoms with Gasteiger partial charge in [0.15, 0.2) is 5.16 Å². The van der Waals surface area contributed by atoms with E-state index in [2.05, 4.69) is 38.9 Å². The van der Waals surface area contributed by atoms with E-state index in [1.165, 1.54) is 5.69 Å². The Labute approximate surface area is 141 Å². The van der Waals surface area contributed by atoms with Crippen molar-refractivity contribution in [1.82, 2.24) is 29.6 Å². The summed E-state index contributed by atoms with van der Waals surface area (Å²) >= 11 is 1.68. The number of rotatable bonds is 6. The molecule has 0 unspecified atom stereocenters. The second-order valence-corrected chi connectivity index (χ2v) is 5.61. The summed E-state index contributed by atoms with van der Waals surface area (Å²) in [6.07, 6.45) is 3.79. The van der Waals surface area contributed by atoms with Crippen LogP contribution in [0.25, 0.3) is 0 Å². The van der Waals surface area contributed by atoms with Crippen molar-refractivity contribution in [3.05, 3.63) is 24.0 Å². The molecule has 0 fully saturated rings. The van der Waals surface area contributed by atoms with E-state index in [9.17, 15) is 0 Å². The Morgan fingerprint density at radius 2 is 2.00 bits per heavy atom. The molecule has 0 spiro atoms. The molecule has 2 rings (SSSR count). The van der Waals surface area contributed by atoms with Crippen LogP contribution < -0.4 is 5.32 Å². The summed E-state index contributed by atoms with van der Waals surface area (Å²) in [5, 5.41) is 12.4. The van der Waals surface area contributed by atoms with Crippen molar-refractivity contribution in [2.24, 2.45) is 7.05 Å². The first-order valence-electron chi connectivity index (χ1n) is 6.29. The van der Waals surface area contributed by atoms with Gasteiger partial charge in [-0.1, -0.05) is 11.8 Å². The highest BCUT2D eigenvalue weighted by Gasteiger charge is 2.11. The molecule has 0 atom stereocenters. The zero-order chi connectivity index (χ0) is 13.8. The molecule has 0 aliphatic rings. The topological polar surface area (TPSA) is 60.6 Å². The molecular formula is C12H22Cl2N6S. The molecule has 0 aromatic carbocycles. The van der Waals surface area contributed by atoms with Crippen LogP contribution in [0, 0.1) is 0 Å². The van der Waals surface area contributed by atoms with Gasteiger partial charge in [0.2, 0.25) is 0 Å². The highest BCUT2D eigenvalue weighted by Crippen LogP contribution is 2.22. The molecule has 0 saturated carbocycles. The normalized spacial score (nSPS) is 10.3. The van der Waals surface area contributed by atoms with Crippen LogP contribution in [0.2, 0.25) is 0 Å². The van der Waals surface area contributed by atoms with Crippen molar-refractivity contribution in [1.29, 1.82) is 0 Å². The van der Waals surface area contributed by atoms with E-state index >= 15 is 0 Å². The minimum Gasteiger partial charge on any atom is -0.331 e. The van der Waals surface area contributed by atoms with Gasteiger partial charge in [-0.05, 0) is 20.9 Å². The zero-order valence-corrected chi connectivity index (χ0v) is 15.1. The average molecular weight is 353 g/mol. The van der Waals surface area contributed by atoms with Crippen molar-refractivity contribution in [3.63, 3.8) is 0 Å². The van der Waals surface area contributed by atoms with E-state index in [1.54, 1.807) is 11.8 Å². The number of hydrogen-bond donors (Lipinski definition) is 1. The molecule has 2 heterocycles. The second-order valence-electron chi connectivity index (χ2n) is 4.66. The molecule has 0 aliphatic carbocycles. The third kappa shape index (κ3) is 4.88. The Balaban J connectivity index is 0.00000200. The van der Waals surface area contributed by atoms with Gasteiger partial charge in [0.25, 0.3) is 0 Å². The van der Waals surface area contributed by atoms with Crippen molar-refractivity contribution >= 4 is 36.6 Å². The molecule has 120 valence electrons. The fourth-order valence-electron chi connectivity index (χ4n) is 1.83. The first-order chi connectivity index (χ1) is 9.13. The van der Waals surface area contributed by atoms with Crippen LogP contribution in [0.5, 0.6) is 0 Å². The maximum Gasteiger partial charge on any atom is 0.191 e. The van der Waals surface area contributed by atoms with Gasteiger partial charge in [-0.15, -0.1) is 35.0 Å². The Bertz CT molecular complexity index is 540. The maximum absolute atomic E-state index is 4.21. The quantitative estimate of drug-likeness (QED) is 0.809. The average Bonchev–Trinajstić information content (AvgIpc) is 2.96. The summed E-state index contributed by atoms with van der Waals surface area (Å²) in [7, 11) is 3.90. The molecule has 0 radical (unpaired) electrons. The van der Waals surface area contributed by atoms with E-state index in [1.807, 2.05) is 31.2 Å². The Morgan fingerprint density at radius 3 is 2.62 bits per heavy atom. The van der Waals surface area contributed by atoms with E-state index in [-0.39, 0.29) is 24.8 Å². The number of nitrogens with zero attached hydrogens (tertiary/aromatic N) is 5. The van der Waals surface area contributed by atoms with Gasteiger partial charge < -0.3 is 14.5 Å². The largest absolute Gasteiger partial charge is 0.331 e. The van der Waals surface area contributed by atoms with Crippen molar-refractivity contribution in [2.75, 3.05) is 7.05 Å². The molecule has 2 aromatic heterocycles. The van der Waals surface area contributed by atoms with Gasteiger partial charge in [0.1, 0.15) is 5.82 Å². The van der Waals surface area contributed by atoms with Gasteiger partial charge >= 0.3 is 0 Å². The molecule has 21 heavy (non-hydrogen) atoms. The van der Waals surface area contributed by atoms with E-state index in [4.69, 9.17) is 0 Å². The second kappa shape index (κ2) is 9.30. The summed E-state index contributed by atoms with van der Waals surface area (Å²) in [6.45, 7) is 5.04. The van der Waals surface area contributed by atoms with E-state index in [0.717, 1.165) is 23.3 Å². The van der Waals surface area contributed by atoms with Gasteiger partial charge in [-0.25, -0.2) is 4.98 Å². The molecule has 2 aromatic rings. The number of nitrogens with one attached hydrogen (secondary N) is 1. The first kappa shape index (κ1) is 20.2. The molecule has 0 amide bonds. The van der Waals surface area contributed by atoms with Gasteiger partial charge in [0.05, 0.1) is 12.9 Å². The van der Waals surface area contributed by atoms with Crippen LogP contribution >= 0.6 is 36.6 Å². The number of halogens is 2. The minimum absolute atomic E-state index is 0. The van der Waals surface area contributed by atoms with Crippen LogP contribution in [-0.2, 0) is 19.3 Å². The van der Waals surface area contributed by atoms with Gasteiger partial charge in [-0.3, -0.25) is 0 Å². The van der Waals surface area contributed by atoms with Gasteiger partial charge in [0, 0.05) is 30.7 Å². The molecule has 6 nitrogen and oxygen atoms in total. The number of thioether (sulfide) groups is 1. The van der Waals surface area contributed by atoms with E-state index in [0.29, 0.717) is 6.04 Å². The third-order valence-electron chi connectivity index (χ3n) is 2.91. The van der Waals surface area contributed by atoms with Crippen LogP contribution in [0.1, 0.15) is 31.4 Å². The van der Waals surface area contributed by atoms with Crippen molar-refractivity contribution < 1.29 is 0 Å². The van der Waals surface area contributed by atoms with E-state index < -0.39 is 0 Å². The predicted molar refractivity (Wildman–Crippen MR) is 90.4 cm³/mol.